The summed E-state index contributed by atoms with van der Waals surface area (Å²) in [6, 6.07) is 6.10. The van der Waals surface area contributed by atoms with Crippen molar-refractivity contribution in [2.75, 3.05) is 6.61 Å². The maximum atomic E-state index is 12.6. The molecule has 0 aliphatic rings. The van der Waals surface area contributed by atoms with E-state index < -0.39 is 13.3 Å². The molecule has 0 aliphatic carbocycles. The highest BCUT2D eigenvalue weighted by Gasteiger charge is 2.14. The predicted octanol–water partition coefficient (Wildman–Crippen LogP) is 3.25. The lowest BCUT2D eigenvalue weighted by Crippen LogP contribution is -2.07. The van der Waals surface area contributed by atoms with Gasteiger partial charge in [-0.1, -0.05) is 12.1 Å². The molecule has 10 heteroatoms. The summed E-state index contributed by atoms with van der Waals surface area (Å²) in [6.45, 7) is -1.32. The Bertz CT molecular complexity index is 904. The molecular weight excluding hydrogens is 363 g/mol. The van der Waals surface area contributed by atoms with Gasteiger partial charge in [-0.15, -0.1) is 0 Å². The molecule has 1 aromatic carbocycles. The lowest BCUT2D eigenvalue weighted by Gasteiger charge is -2.11. The Morgan fingerprint density at radius 3 is 2.78 bits per heavy atom. The molecule has 0 unspecified atom stereocenters. The van der Waals surface area contributed by atoms with Gasteiger partial charge in [-0.3, -0.25) is 0 Å². The molecule has 0 amide bonds. The van der Waals surface area contributed by atoms with E-state index in [1.807, 2.05) is 0 Å². The zero-order valence-electron chi connectivity index (χ0n) is 14.3. The van der Waals surface area contributed by atoms with E-state index in [1.165, 1.54) is 29.3 Å². The number of nitrogens with zero attached hydrogens (tertiary/aromatic N) is 5. The van der Waals surface area contributed by atoms with Crippen molar-refractivity contribution < 1.29 is 22.6 Å². The van der Waals surface area contributed by atoms with Crippen LogP contribution in [0.2, 0.25) is 0 Å². The summed E-state index contributed by atoms with van der Waals surface area (Å²) in [5.74, 6) is 0.338. The lowest BCUT2D eigenvalue weighted by molar-refractivity contribution is -0.0498. The first kappa shape index (κ1) is 18.6. The fourth-order valence-electron chi connectivity index (χ4n) is 2.38. The van der Waals surface area contributed by atoms with Gasteiger partial charge >= 0.3 is 6.61 Å². The van der Waals surface area contributed by atoms with Crippen LogP contribution in [0, 0.1) is 0 Å². The second kappa shape index (κ2) is 8.47. The standard InChI is InChI=1S/C17H16F3N5O2/c1-2-26-16-15(11-4-3-5-13(6-11)27-17(19)20)23-12(8-21-16)9-25-10-22-14(7-18)24-25/h3-6,8,10,17H,2,7,9H2,1H3. The van der Waals surface area contributed by atoms with Crippen molar-refractivity contribution in [1.29, 1.82) is 0 Å². The predicted molar refractivity (Wildman–Crippen MR) is 89.2 cm³/mol. The van der Waals surface area contributed by atoms with E-state index in [0.29, 0.717) is 23.6 Å². The van der Waals surface area contributed by atoms with Crippen molar-refractivity contribution in [1.82, 2.24) is 24.7 Å². The molecule has 0 aliphatic heterocycles. The minimum absolute atomic E-state index is 0.000940. The normalized spacial score (nSPS) is 11.0. The van der Waals surface area contributed by atoms with E-state index in [-0.39, 0.29) is 24.0 Å². The lowest BCUT2D eigenvalue weighted by atomic mass is 10.1. The smallest absolute Gasteiger partial charge is 0.387 e. The van der Waals surface area contributed by atoms with Gasteiger partial charge < -0.3 is 9.47 Å². The number of rotatable bonds is 8. The SMILES string of the molecule is CCOc1ncc(Cn2cnc(CF)n2)nc1-c1cccc(OC(F)F)c1. The minimum Gasteiger partial charge on any atom is -0.476 e. The number of ether oxygens (including phenoxy) is 2. The molecule has 0 bridgehead atoms. The summed E-state index contributed by atoms with van der Waals surface area (Å²) in [5.41, 5.74) is 1.40. The van der Waals surface area contributed by atoms with Crippen molar-refractivity contribution >= 4 is 0 Å². The van der Waals surface area contributed by atoms with Crippen molar-refractivity contribution in [3.63, 3.8) is 0 Å². The minimum atomic E-state index is -2.93. The highest BCUT2D eigenvalue weighted by Crippen LogP contribution is 2.29. The van der Waals surface area contributed by atoms with Crippen molar-refractivity contribution in [2.24, 2.45) is 0 Å². The number of alkyl halides is 3. The van der Waals surface area contributed by atoms with E-state index in [2.05, 4.69) is 24.8 Å². The molecule has 0 N–H and O–H groups in total. The van der Waals surface area contributed by atoms with Crippen LogP contribution < -0.4 is 9.47 Å². The van der Waals surface area contributed by atoms with E-state index in [4.69, 9.17) is 4.74 Å². The summed E-state index contributed by atoms with van der Waals surface area (Å²) in [4.78, 5) is 12.6. The van der Waals surface area contributed by atoms with Crippen LogP contribution in [0.1, 0.15) is 18.4 Å². The molecule has 2 aromatic heterocycles. The molecule has 0 radical (unpaired) electrons. The van der Waals surface area contributed by atoms with Gasteiger partial charge in [-0.25, -0.2) is 24.0 Å². The third-order valence-electron chi connectivity index (χ3n) is 3.43. The third-order valence-corrected chi connectivity index (χ3v) is 3.43. The molecule has 3 rings (SSSR count). The van der Waals surface area contributed by atoms with Crippen LogP contribution in [-0.2, 0) is 13.2 Å². The Hall–Kier alpha value is -3.17. The first-order chi connectivity index (χ1) is 13.1. The van der Waals surface area contributed by atoms with Crippen LogP contribution in [0.3, 0.4) is 0 Å². The molecule has 27 heavy (non-hydrogen) atoms. The highest BCUT2D eigenvalue weighted by molar-refractivity contribution is 5.66. The molecule has 7 nitrogen and oxygen atoms in total. The summed E-state index contributed by atoms with van der Waals surface area (Å²) in [6.07, 6.45) is 2.90. The molecule has 3 aromatic rings. The van der Waals surface area contributed by atoms with Gasteiger partial charge in [0.2, 0.25) is 5.88 Å². The third kappa shape index (κ3) is 4.72. The molecule has 2 heterocycles. The van der Waals surface area contributed by atoms with Gasteiger partial charge in [0.25, 0.3) is 0 Å². The molecule has 0 saturated heterocycles. The molecular formula is C17H16F3N5O2. The zero-order chi connectivity index (χ0) is 19.2. The van der Waals surface area contributed by atoms with Gasteiger partial charge in [0.1, 0.15) is 17.8 Å². The Labute approximate surface area is 152 Å². The number of hydrogen-bond donors (Lipinski definition) is 0. The average Bonchev–Trinajstić information content (AvgIpc) is 3.10. The Balaban J connectivity index is 1.94. The summed E-state index contributed by atoms with van der Waals surface area (Å²) in [7, 11) is 0. The fourth-order valence-corrected chi connectivity index (χ4v) is 2.38. The van der Waals surface area contributed by atoms with Gasteiger partial charge in [-0.2, -0.15) is 13.9 Å². The second-order valence-corrected chi connectivity index (χ2v) is 5.35. The van der Waals surface area contributed by atoms with Crippen LogP contribution in [0.15, 0.2) is 36.8 Å². The first-order valence-electron chi connectivity index (χ1n) is 8.07. The summed E-state index contributed by atoms with van der Waals surface area (Å²) < 4.78 is 48.9. The Morgan fingerprint density at radius 1 is 1.22 bits per heavy atom. The van der Waals surface area contributed by atoms with E-state index in [9.17, 15) is 13.2 Å². The second-order valence-electron chi connectivity index (χ2n) is 5.35. The number of halogens is 3. The topological polar surface area (TPSA) is 75.0 Å². The average molecular weight is 379 g/mol. The molecule has 142 valence electrons. The largest absolute Gasteiger partial charge is 0.476 e. The van der Waals surface area contributed by atoms with Gasteiger partial charge in [0.15, 0.2) is 12.5 Å². The van der Waals surface area contributed by atoms with Gasteiger partial charge in [0.05, 0.1) is 25.0 Å². The van der Waals surface area contributed by atoms with Crippen LogP contribution in [0.25, 0.3) is 11.3 Å². The molecule has 0 spiro atoms. The van der Waals surface area contributed by atoms with Crippen LogP contribution in [-0.4, -0.2) is 38.0 Å². The summed E-state index contributed by atoms with van der Waals surface area (Å²) in [5, 5.41) is 3.96. The molecule has 0 saturated carbocycles. The first-order valence-corrected chi connectivity index (χ1v) is 8.07. The maximum Gasteiger partial charge on any atom is 0.387 e. The van der Waals surface area contributed by atoms with E-state index >= 15 is 0 Å². The Morgan fingerprint density at radius 2 is 2.07 bits per heavy atom. The fraction of sp³-hybridized carbons (Fsp3) is 0.294. The number of aromatic nitrogens is 5. The van der Waals surface area contributed by atoms with Crippen LogP contribution in [0.4, 0.5) is 13.2 Å². The van der Waals surface area contributed by atoms with Crippen molar-refractivity contribution in [3.05, 3.63) is 48.3 Å². The zero-order valence-corrected chi connectivity index (χ0v) is 14.3. The molecule has 0 fully saturated rings. The summed E-state index contributed by atoms with van der Waals surface area (Å²) >= 11 is 0. The quantitative estimate of drug-likeness (QED) is 0.598. The van der Waals surface area contributed by atoms with E-state index in [1.54, 1.807) is 19.1 Å². The van der Waals surface area contributed by atoms with E-state index in [0.717, 1.165) is 0 Å². The van der Waals surface area contributed by atoms with Crippen LogP contribution in [0.5, 0.6) is 11.6 Å². The number of benzene rings is 1. The number of hydrogen-bond acceptors (Lipinski definition) is 6. The monoisotopic (exact) mass is 379 g/mol. The maximum absolute atomic E-state index is 12.6. The van der Waals surface area contributed by atoms with Gasteiger partial charge in [-0.05, 0) is 19.1 Å². The highest BCUT2D eigenvalue weighted by atomic mass is 19.3. The van der Waals surface area contributed by atoms with Crippen molar-refractivity contribution in [3.8, 4) is 22.9 Å². The van der Waals surface area contributed by atoms with Crippen molar-refractivity contribution in [2.45, 2.75) is 26.8 Å². The van der Waals surface area contributed by atoms with Gasteiger partial charge in [0, 0.05) is 5.56 Å². The van der Waals surface area contributed by atoms with Crippen LogP contribution >= 0.6 is 0 Å². The Kier molecular flexibility index (Phi) is 5.84. The molecule has 0 atom stereocenters.